The molecular weight excluding hydrogens is 198 g/mol. The van der Waals surface area contributed by atoms with Crippen LogP contribution >= 0.6 is 0 Å². The molecule has 0 aliphatic heterocycles. The van der Waals surface area contributed by atoms with Crippen LogP contribution in [0.25, 0.3) is 0 Å². The average Bonchev–Trinajstić information content (AvgIpc) is 2.34. The molecule has 0 radical (unpaired) electrons. The molecule has 0 spiro atoms. The van der Waals surface area contributed by atoms with E-state index in [4.69, 9.17) is 4.74 Å². The molecule has 2 heteroatoms. The zero-order valence-corrected chi connectivity index (χ0v) is 10.2. The van der Waals surface area contributed by atoms with Gasteiger partial charge < -0.3 is 10.1 Å². The number of ether oxygens (including phenoxy) is 1. The molecular formula is C14H23NO. The predicted octanol–water partition coefficient (Wildman–Crippen LogP) is 2.64. The number of benzene rings is 1. The summed E-state index contributed by atoms with van der Waals surface area (Å²) in [6.07, 6.45) is 3.33. The minimum Gasteiger partial charge on any atom is -0.381 e. The third kappa shape index (κ3) is 6.59. The molecule has 1 rings (SSSR count). The maximum atomic E-state index is 5.41. The van der Waals surface area contributed by atoms with Crippen molar-refractivity contribution in [3.63, 3.8) is 0 Å². The van der Waals surface area contributed by atoms with E-state index in [1.165, 1.54) is 5.56 Å². The molecule has 0 amide bonds. The van der Waals surface area contributed by atoms with Gasteiger partial charge in [-0.2, -0.15) is 0 Å². The molecule has 2 nitrogen and oxygen atoms in total. The second-order valence-corrected chi connectivity index (χ2v) is 3.95. The second kappa shape index (κ2) is 9.37. The van der Waals surface area contributed by atoms with Crippen LogP contribution in [0.1, 0.15) is 25.3 Å². The number of nitrogens with one attached hydrogen (secondary N) is 1. The van der Waals surface area contributed by atoms with E-state index >= 15 is 0 Å². The highest BCUT2D eigenvalue weighted by Gasteiger charge is 1.91. The van der Waals surface area contributed by atoms with Crippen LogP contribution in [0.4, 0.5) is 0 Å². The summed E-state index contributed by atoms with van der Waals surface area (Å²) in [7, 11) is 0. The Bertz CT molecular complexity index is 248. The lowest BCUT2D eigenvalue weighted by Gasteiger charge is -2.05. The van der Waals surface area contributed by atoms with Crippen LogP contribution in [0.15, 0.2) is 30.3 Å². The first-order valence-corrected chi connectivity index (χ1v) is 6.26. The van der Waals surface area contributed by atoms with E-state index in [1.807, 2.05) is 0 Å². The highest BCUT2D eigenvalue weighted by Crippen LogP contribution is 1.97. The van der Waals surface area contributed by atoms with Gasteiger partial charge in [0, 0.05) is 13.2 Å². The fourth-order valence-electron chi connectivity index (χ4n) is 1.55. The molecule has 0 bridgehead atoms. The second-order valence-electron chi connectivity index (χ2n) is 3.95. The van der Waals surface area contributed by atoms with E-state index in [2.05, 4.69) is 42.6 Å². The Labute approximate surface area is 99.0 Å². The summed E-state index contributed by atoms with van der Waals surface area (Å²) >= 11 is 0. The molecule has 0 atom stereocenters. The molecule has 0 unspecified atom stereocenters. The Kier molecular flexibility index (Phi) is 7.74. The maximum absolute atomic E-state index is 5.41. The molecule has 0 aromatic heterocycles. The number of rotatable bonds is 9. The van der Waals surface area contributed by atoms with Crippen molar-refractivity contribution in [1.29, 1.82) is 0 Å². The van der Waals surface area contributed by atoms with Crippen molar-refractivity contribution in [1.82, 2.24) is 5.32 Å². The molecule has 0 saturated carbocycles. The smallest absolute Gasteiger partial charge is 0.0478 e. The largest absolute Gasteiger partial charge is 0.381 e. The van der Waals surface area contributed by atoms with Crippen LogP contribution < -0.4 is 5.32 Å². The first-order chi connectivity index (χ1) is 7.93. The zero-order valence-electron chi connectivity index (χ0n) is 10.2. The van der Waals surface area contributed by atoms with Gasteiger partial charge >= 0.3 is 0 Å². The van der Waals surface area contributed by atoms with Gasteiger partial charge in [0.2, 0.25) is 0 Å². The van der Waals surface area contributed by atoms with Crippen molar-refractivity contribution < 1.29 is 4.74 Å². The van der Waals surface area contributed by atoms with Gasteiger partial charge in [0.15, 0.2) is 0 Å². The lowest BCUT2D eigenvalue weighted by molar-refractivity contribution is 0.132. The fraction of sp³-hybridized carbons (Fsp3) is 0.571. The van der Waals surface area contributed by atoms with E-state index < -0.39 is 0 Å². The molecule has 16 heavy (non-hydrogen) atoms. The van der Waals surface area contributed by atoms with Crippen molar-refractivity contribution in [2.24, 2.45) is 0 Å². The Hall–Kier alpha value is -0.860. The Morgan fingerprint density at radius 1 is 1.06 bits per heavy atom. The number of hydrogen-bond acceptors (Lipinski definition) is 2. The highest BCUT2D eigenvalue weighted by molar-refractivity contribution is 5.14. The van der Waals surface area contributed by atoms with Crippen molar-refractivity contribution in [2.75, 3.05) is 26.3 Å². The van der Waals surface area contributed by atoms with Gasteiger partial charge in [0.25, 0.3) is 0 Å². The van der Waals surface area contributed by atoms with E-state index in [0.29, 0.717) is 0 Å². The van der Waals surface area contributed by atoms with Crippen LogP contribution in [0.3, 0.4) is 0 Å². The molecule has 0 heterocycles. The molecule has 1 aromatic carbocycles. The molecule has 0 aliphatic carbocycles. The summed E-state index contributed by atoms with van der Waals surface area (Å²) in [5.74, 6) is 0. The molecule has 0 aliphatic rings. The van der Waals surface area contributed by atoms with Crippen LogP contribution in [0.5, 0.6) is 0 Å². The van der Waals surface area contributed by atoms with Crippen molar-refractivity contribution in [3.05, 3.63) is 35.9 Å². The van der Waals surface area contributed by atoms with Gasteiger partial charge in [-0.05, 0) is 37.9 Å². The average molecular weight is 221 g/mol. The van der Waals surface area contributed by atoms with Crippen molar-refractivity contribution in [2.45, 2.75) is 26.2 Å². The first-order valence-electron chi connectivity index (χ1n) is 6.26. The summed E-state index contributed by atoms with van der Waals surface area (Å²) in [6, 6.07) is 10.6. The maximum Gasteiger partial charge on any atom is 0.0478 e. The van der Waals surface area contributed by atoms with Gasteiger partial charge in [0.1, 0.15) is 0 Å². The Morgan fingerprint density at radius 2 is 1.88 bits per heavy atom. The third-order valence-electron chi connectivity index (χ3n) is 2.42. The standard InChI is InChI=1S/C14H23NO/c1-2-12-16-13-6-10-15-11-9-14-7-4-3-5-8-14/h3-5,7-8,15H,2,6,9-13H2,1H3. The molecule has 1 N–H and O–H groups in total. The monoisotopic (exact) mass is 221 g/mol. The molecule has 1 aromatic rings. The Balaban J connectivity index is 1.89. The van der Waals surface area contributed by atoms with Crippen LogP contribution in [-0.2, 0) is 11.2 Å². The van der Waals surface area contributed by atoms with Crippen LogP contribution in [0, 0.1) is 0 Å². The van der Waals surface area contributed by atoms with E-state index in [0.717, 1.165) is 45.6 Å². The van der Waals surface area contributed by atoms with E-state index in [1.54, 1.807) is 0 Å². The normalized spacial score (nSPS) is 10.6. The molecule has 0 saturated heterocycles. The quantitative estimate of drug-likeness (QED) is 0.647. The van der Waals surface area contributed by atoms with Crippen LogP contribution in [-0.4, -0.2) is 26.3 Å². The summed E-state index contributed by atoms with van der Waals surface area (Å²) < 4.78 is 5.41. The summed E-state index contributed by atoms with van der Waals surface area (Å²) in [6.45, 7) is 6.02. The van der Waals surface area contributed by atoms with Gasteiger partial charge in [-0.25, -0.2) is 0 Å². The van der Waals surface area contributed by atoms with E-state index in [9.17, 15) is 0 Å². The highest BCUT2D eigenvalue weighted by atomic mass is 16.5. The van der Waals surface area contributed by atoms with Crippen LogP contribution in [0.2, 0.25) is 0 Å². The summed E-state index contributed by atoms with van der Waals surface area (Å²) in [4.78, 5) is 0. The van der Waals surface area contributed by atoms with Crippen molar-refractivity contribution >= 4 is 0 Å². The minimum atomic E-state index is 0.881. The summed E-state index contributed by atoms with van der Waals surface area (Å²) in [5.41, 5.74) is 1.40. The third-order valence-corrected chi connectivity index (χ3v) is 2.42. The van der Waals surface area contributed by atoms with Gasteiger partial charge in [-0.1, -0.05) is 37.3 Å². The fourth-order valence-corrected chi connectivity index (χ4v) is 1.55. The first kappa shape index (κ1) is 13.2. The minimum absolute atomic E-state index is 0.881. The SMILES string of the molecule is CCCOCCCNCCc1ccccc1. The Morgan fingerprint density at radius 3 is 2.62 bits per heavy atom. The molecule has 90 valence electrons. The lowest BCUT2D eigenvalue weighted by Crippen LogP contribution is -2.19. The van der Waals surface area contributed by atoms with E-state index in [-0.39, 0.29) is 0 Å². The summed E-state index contributed by atoms with van der Waals surface area (Å²) in [5, 5.41) is 3.43. The van der Waals surface area contributed by atoms with Crippen molar-refractivity contribution in [3.8, 4) is 0 Å². The van der Waals surface area contributed by atoms with Gasteiger partial charge in [-0.15, -0.1) is 0 Å². The zero-order chi connectivity index (χ0) is 11.5. The molecule has 0 fully saturated rings. The predicted molar refractivity (Wildman–Crippen MR) is 68.7 cm³/mol. The topological polar surface area (TPSA) is 21.3 Å². The van der Waals surface area contributed by atoms with Gasteiger partial charge in [0.05, 0.1) is 0 Å². The number of hydrogen-bond donors (Lipinski definition) is 1. The van der Waals surface area contributed by atoms with Gasteiger partial charge in [-0.3, -0.25) is 0 Å². The lowest BCUT2D eigenvalue weighted by atomic mass is 10.1.